The van der Waals surface area contributed by atoms with E-state index in [1.54, 1.807) is 0 Å². The zero-order chi connectivity index (χ0) is 42.1. The third-order valence-corrected chi connectivity index (χ3v) is 15.8. The molecule has 2 nitrogen and oxygen atoms in total. The minimum Gasteiger partial charge on any atom is -0.335 e. The van der Waals surface area contributed by atoms with E-state index in [2.05, 4.69) is 215 Å². The van der Waals surface area contributed by atoms with Gasteiger partial charge < -0.3 is 9.13 Å². The molecule has 1 spiro atoms. The van der Waals surface area contributed by atoms with Gasteiger partial charge in [0, 0.05) is 56.9 Å². The van der Waals surface area contributed by atoms with Crippen molar-refractivity contribution in [3.8, 4) is 66.8 Å². The number of para-hydroxylation sites is 2. The summed E-state index contributed by atoms with van der Waals surface area (Å²) in [5.41, 5.74) is 28.9. The van der Waals surface area contributed by atoms with Crippen LogP contribution in [-0.2, 0) is 18.5 Å². The summed E-state index contributed by atoms with van der Waals surface area (Å²) in [6.45, 7) is 1.66. The molecule has 2 heteroatoms. The van der Waals surface area contributed by atoms with Gasteiger partial charge in [-0.25, -0.2) is 0 Å². The monoisotopic (exact) mass is 822 g/mol. The van der Waals surface area contributed by atoms with Gasteiger partial charge in [0.2, 0.25) is 0 Å². The summed E-state index contributed by atoms with van der Waals surface area (Å²) in [5.74, 6) is 0. The highest BCUT2D eigenvalue weighted by Crippen LogP contribution is 2.66. The van der Waals surface area contributed by atoms with Crippen molar-refractivity contribution in [1.29, 1.82) is 0 Å². The van der Waals surface area contributed by atoms with Crippen molar-refractivity contribution in [2.75, 3.05) is 0 Å². The standard InChI is InChI=1S/C63H38N2/c1-3-13-37(14-4-1)39-25-27-41-35-64-59-43(19-11-21-45(59)51(41)33-39)47-29-31-55-57(61(47)64)49-17-7-9-23-53(49)63(55)54-24-10-8-18-50(54)58-56(63)32-30-48-44-20-12-22-46-52-34-40(38-15-5-2-6-16-38)26-28-42(52)36-65(60(44)46)62(48)58/h1-34H,35-36H2. The van der Waals surface area contributed by atoms with E-state index in [1.807, 2.05) is 0 Å². The van der Waals surface area contributed by atoms with Crippen molar-refractivity contribution in [2.45, 2.75) is 18.5 Å². The Balaban J connectivity index is 0.971. The van der Waals surface area contributed by atoms with Gasteiger partial charge in [0.05, 0.1) is 27.5 Å². The van der Waals surface area contributed by atoms with Gasteiger partial charge in [0.15, 0.2) is 0 Å². The van der Waals surface area contributed by atoms with Crippen LogP contribution >= 0.6 is 0 Å². The molecule has 0 bridgehead atoms. The van der Waals surface area contributed by atoms with Crippen molar-refractivity contribution in [3.63, 3.8) is 0 Å². The maximum Gasteiger partial charge on any atom is 0.0727 e. The third kappa shape index (κ3) is 4.13. The van der Waals surface area contributed by atoms with Crippen LogP contribution in [0.25, 0.3) is 110 Å². The Labute approximate surface area is 375 Å². The number of fused-ring (bicyclic) bond motifs is 22. The van der Waals surface area contributed by atoms with Crippen LogP contribution in [0.15, 0.2) is 206 Å². The lowest BCUT2D eigenvalue weighted by Gasteiger charge is -2.30. The van der Waals surface area contributed by atoms with Crippen molar-refractivity contribution in [2.24, 2.45) is 0 Å². The normalized spacial score (nSPS) is 14.2. The molecule has 2 aliphatic heterocycles. The Kier molecular flexibility index (Phi) is 6.37. The van der Waals surface area contributed by atoms with E-state index in [0.29, 0.717) is 0 Å². The maximum absolute atomic E-state index is 2.66. The summed E-state index contributed by atoms with van der Waals surface area (Å²) < 4.78 is 5.33. The van der Waals surface area contributed by atoms with Crippen LogP contribution in [0.5, 0.6) is 0 Å². The topological polar surface area (TPSA) is 9.86 Å². The van der Waals surface area contributed by atoms with E-state index in [9.17, 15) is 0 Å². The van der Waals surface area contributed by atoms with Gasteiger partial charge in [-0.2, -0.15) is 0 Å². The molecule has 0 atom stereocenters. The molecule has 65 heavy (non-hydrogen) atoms. The van der Waals surface area contributed by atoms with E-state index in [1.165, 1.54) is 144 Å². The zero-order valence-corrected chi connectivity index (χ0v) is 35.4. The third-order valence-electron chi connectivity index (χ3n) is 15.8. The molecule has 2 aliphatic carbocycles. The van der Waals surface area contributed by atoms with Gasteiger partial charge in [0.1, 0.15) is 0 Å². The molecule has 0 saturated heterocycles. The summed E-state index contributed by atoms with van der Waals surface area (Å²) in [4.78, 5) is 0. The van der Waals surface area contributed by atoms with E-state index in [0.717, 1.165) is 13.1 Å². The van der Waals surface area contributed by atoms with Crippen molar-refractivity contribution in [3.05, 3.63) is 240 Å². The predicted molar refractivity (Wildman–Crippen MR) is 269 cm³/mol. The van der Waals surface area contributed by atoms with Crippen molar-refractivity contribution >= 4 is 43.6 Å². The molecule has 4 heterocycles. The summed E-state index contributed by atoms with van der Waals surface area (Å²) >= 11 is 0. The lowest BCUT2D eigenvalue weighted by Crippen LogP contribution is -2.25. The first-order valence-electron chi connectivity index (χ1n) is 23.0. The smallest absolute Gasteiger partial charge is 0.0727 e. The van der Waals surface area contributed by atoms with Crippen LogP contribution in [0.2, 0.25) is 0 Å². The quantitative estimate of drug-likeness (QED) is 0.164. The lowest BCUT2D eigenvalue weighted by molar-refractivity contribution is 0.793. The number of hydrogen-bond acceptors (Lipinski definition) is 0. The number of aromatic nitrogens is 2. The van der Waals surface area contributed by atoms with E-state index >= 15 is 0 Å². The Bertz CT molecular complexity index is 3840. The first-order valence-corrected chi connectivity index (χ1v) is 23.0. The van der Waals surface area contributed by atoms with Crippen LogP contribution in [0, 0.1) is 0 Å². The highest BCUT2D eigenvalue weighted by molar-refractivity contribution is 6.22. The van der Waals surface area contributed by atoms with E-state index in [-0.39, 0.29) is 0 Å². The van der Waals surface area contributed by atoms with Crippen LogP contribution < -0.4 is 0 Å². The number of rotatable bonds is 2. The second kappa shape index (κ2) is 12.1. The molecule has 0 amide bonds. The fourth-order valence-corrected chi connectivity index (χ4v) is 13.2. The van der Waals surface area contributed by atoms with Crippen LogP contribution in [-0.4, -0.2) is 9.13 Å². The average molecular weight is 823 g/mol. The number of benzene rings is 10. The molecule has 0 fully saturated rings. The molecule has 2 aromatic heterocycles. The second-order valence-electron chi connectivity index (χ2n) is 18.7. The zero-order valence-electron chi connectivity index (χ0n) is 35.4. The predicted octanol–water partition coefficient (Wildman–Crippen LogP) is 15.6. The molecule has 4 aliphatic rings. The Morgan fingerprint density at radius 3 is 1.17 bits per heavy atom. The molecule has 0 saturated carbocycles. The molecule has 10 aromatic carbocycles. The fourth-order valence-electron chi connectivity index (χ4n) is 13.2. The van der Waals surface area contributed by atoms with Crippen LogP contribution in [0.3, 0.4) is 0 Å². The van der Waals surface area contributed by atoms with Crippen molar-refractivity contribution < 1.29 is 0 Å². The largest absolute Gasteiger partial charge is 0.335 e. The second-order valence-corrected chi connectivity index (χ2v) is 18.7. The van der Waals surface area contributed by atoms with Gasteiger partial charge >= 0.3 is 0 Å². The Morgan fingerprint density at radius 1 is 0.277 bits per heavy atom. The molecular formula is C63H38N2. The van der Waals surface area contributed by atoms with E-state index in [4.69, 9.17) is 0 Å². The molecular weight excluding hydrogens is 785 g/mol. The maximum atomic E-state index is 2.66. The summed E-state index contributed by atoms with van der Waals surface area (Å²) in [6, 6.07) is 78.3. The average Bonchev–Trinajstić information content (AvgIpc) is 4.07. The van der Waals surface area contributed by atoms with Crippen molar-refractivity contribution in [1.82, 2.24) is 9.13 Å². The SMILES string of the molecule is c1ccc(-c2ccc3c(c2)-c2cccc4c5ccc6c(c5n(c24)C3)-c2ccccc2C62c3ccccc3-c3c2ccc2c4cccc5c4n(c32)Cc2ccc(-c3ccccc3)cc2-5)cc1. The lowest BCUT2D eigenvalue weighted by atomic mass is 9.70. The summed E-state index contributed by atoms with van der Waals surface area (Å²) in [6.07, 6.45) is 0. The highest BCUT2D eigenvalue weighted by atomic mass is 15.0. The first-order chi connectivity index (χ1) is 32.3. The number of hydrogen-bond donors (Lipinski definition) is 0. The molecule has 300 valence electrons. The first kappa shape index (κ1) is 34.3. The molecule has 12 aromatic rings. The van der Waals surface area contributed by atoms with Gasteiger partial charge in [-0.05, 0) is 90.0 Å². The molecule has 0 unspecified atom stereocenters. The van der Waals surface area contributed by atoms with Gasteiger partial charge in [-0.15, -0.1) is 0 Å². The van der Waals surface area contributed by atoms with Gasteiger partial charge in [-0.1, -0.05) is 194 Å². The minimum absolute atomic E-state index is 0.478. The Morgan fingerprint density at radius 2 is 0.692 bits per heavy atom. The molecule has 0 N–H and O–H groups in total. The minimum atomic E-state index is -0.478. The summed E-state index contributed by atoms with van der Waals surface area (Å²) in [5, 5.41) is 5.31. The highest BCUT2D eigenvalue weighted by Gasteiger charge is 2.53. The Hall–Kier alpha value is -8.20. The summed E-state index contributed by atoms with van der Waals surface area (Å²) in [7, 11) is 0. The van der Waals surface area contributed by atoms with Gasteiger partial charge in [0.25, 0.3) is 0 Å². The van der Waals surface area contributed by atoms with Gasteiger partial charge in [-0.3, -0.25) is 0 Å². The number of nitrogens with zero attached hydrogens (tertiary/aromatic N) is 2. The van der Waals surface area contributed by atoms with E-state index < -0.39 is 5.41 Å². The molecule has 16 rings (SSSR count). The fraction of sp³-hybridized carbons (Fsp3) is 0.0476. The van der Waals surface area contributed by atoms with Crippen LogP contribution in [0.4, 0.5) is 0 Å². The molecule has 0 radical (unpaired) electrons. The van der Waals surface area contributed by atoms with Crippen LogP contribution in [0.1, 0.15) is 33.4 Å².